The highest BCUT2D eigenvalue weighted by atomic mass is 32.2. The van der Waals surface area contributed by atoms with E-state index < -0.39 is 0 Å². The summed E-state index contributed by atoms with van der Waals surface area (Å²) in [6.07, 6.45) is 0. The summed E-state index contributed by atoms with van der Waals surface area (Å²) in [5, 5.41) is 8.78. The minimum absolute atomic E-state index is 0.0445. The fraction of sp³-hybridized carbons (Fsp3) is 0.250. The van der Waals surface area contributed by atoms with Gasteiger partial charge in [-0.05, 0) is 31.2 Å². The Labute approximate surface area is 194 Å². The smallest absolute Gasteiger partial charge is 0.274 e. The van der Waals surface area contributed by atoms with E-state index in [9.17, 15) is 4.79 Å². The van der Waals surface area contributed by atoms with E-state index >= 15 is 0 Å². The van der Waals surface area contributed by atoms with Crippen molar-refractivity contribution in [1.82, 2.24) is 24.8 Å². The van der Waals surface area contributed by atoms with Gasteiger partial charge in [0.05, 0.1) is 24.6 Å². The van der Waals surface area contributed by atoms with Crippen molar-refractivity contribution < 1.29 is 14.1 Å². The van der Waals surface area contributed by atoms with Crippen LogP contribution in [0.2, 0.25) is 0 Å². The normalized spacial score (nSPS) is 15.2. The maximum Gasteiger partial charge on any atom is 0.274 e. The predicted molar refractivity (Wildman–Crippen MR) is 123 cm³/mol. The number of fused-ring (bicyclic) bond motifs is 3. The molecule has 2 aromatic heterocycles. The zero-order valence-corrected chi connectivity index (χ0v) is 18.8. The molecule has 8 nitrogen and oxygen atoms in total. The van der Waals surface area contributed by atoms with Gasteiger partial charge in [0.2, 0.25) is 0 Å². The summed E-state index contributed by atoms with van der Waals surface area (Å²) in [7, 11) is 0. The highest BCUT2D eigenvalue weighted by Gasteiger charge is 2.32. The SMILES string of the molecule is Cc1noc(-c2cccc(-n3nc(C(=O)N4CCOCC4)c4c3-c3ccccc3SC4)c2)n1. The average molecular weight is 460 g/mol. The minimum atomic E-state index is -0.0445. The van der Waals surface area contributed by atoms with Gasteiger partial charge in [-0.25, -0.2) is 4.68 Å². The number of hydrogen-bond donors (Lipinski definition) is 0. The molecule has 0 N–H and O–H groups in total. The number of morpholine rings is 1. The molecule has 4 heterocycles. The van der Waals surface area contributed by atoms with Crippen LogP contribution in [0.1, 0.15) is 21.9 Å². The number of benzene rings is 2. The van der Waals surface area contributed by atoms with Crippen LogP contribution in [0.3, 0.4) is 0 Å². The molecule has 0 bridgehead atoms. The van der Waals surface area contributed by atoms with E-state index in [4.69, 9.17) is 14.4 Å². The van der Waals surface area contributed by atoms with Crippen LogP contribution in [-0.4, -0.2) is 57.0 Å². The van der Waals surface area contributed by atoms with Crippen molar-refractivity contribution in [2.75, 3.05) is 26.3 Å². The summed E-state index contributed by atoms with van der Waals surface area (Å²) < 4.78 is 12.7. The number of carbonyl (C=O) groups excluding carboxylic acids is 1. The molecular formula is C24H21N5O3S. The number of thioether (sulfide) groups is 1. The lowest BCUT2D eigenvalue weighted by atomic mass is 10.0. The second-order valence-electron chi connectivity index (χ2n) is 7.97. The number of aryl methyl sites for hydroxylation is 1. The molecule has 6 rings (SSSR count). The van der Waals surface area contributed by atoms with Crippen molar-refractivity contribution in [2.45, 2.75) is 17.6 Å². The molecule has 0 saturated carbocycles. The summed E-state index contributed by atoms with van der Waals surface area (Å²) in [4.78, 5) is 20.8. The lowest BCUT2D eigenvalue weighted by Crippen LogP contribution is -2.41. The van der Waals surface area contributed by atoms with Crippen LogP contribution in [0.25, 0.3) is 28.4 Å². The molecule has 166 valence electrons. The number of ether oxygens (including phenoxy) is 1. The molecule has 4 aromatic rings. The number of hydrogen-bond acceptors (Lipinski definition) is 7. The number of aromatic nitrogens is 4. The molecule has 2 aliphatic heterocycles. The quantitative estimate of drug-likeness (QED) is 0.458. The van der Waals surface area contributed by atoms with Gasteiger partial charge in [0.15, 0.2) is 11.5 Å². The highest BCUT2D eigenvalue weighted by molar-refractivity contribution is 7.98. The van der Waals surface area contributed by atoms with E-state index in [1.165, 1.54) is 4.90 Å². The molecule has 0 aliphatic carbocycles. The Bertz CT molecular complexity index is 1360. The molecule has 1 saturated heterocycles. The highest BCUT2D eigenvalue weighted by Crippen LogP contribution is 2.44. The van der Waals surface area contributed by atoms with Crippen LogP contribution < -0.4 is 0 Å². The summed E-state index contributed by atoms with van der Waals surface area (Å²) in [6, 6.07) is 16.1. The molecule has 33 heavy (non-hydrogen) atoms. The molecule has 0 radical (unpaired) electrons. The summed E-state index contributed by atoms with van der Waals surface area (Å²) >= 11 is 1.74. The maximum absolute atomic E-state index is 13.5. The molecule has 0 atom stereocenters. The van der Waals surface area contributed by atoms with Crippen LogP contribution in [0.5, 0.6) is 0 Å². The Hall–Kier alpha value is -3.43. The first-order valence-corrected chi connectivity index (χ1v) is 11.8. The van der Waals surface area contributed by atoms with Crippen LogP contribution in [0, 0.1) is 6.92 Å². The van der Waals surface area contributed by atoms with Gasteiger partial charge in [0.25, 0.3) is 11.8 Å². The van der Waals surface area contributed by atoms with Gasteiger partial charge in [-0.2, -0.15) is 10.1 Å². The standard InChI is InChI=1S/C24H21N5O3S/c1-15-25-23(32-27-15)16-5-4-6-17(13-16)29-22-18-7-2-3-8-20(18)33-14-19(22)21(26-29)24(30)28-9-11-31-12-10-28/h2-8,13H,9-12,14H2,1H3. The van der Waals surface area contributed by atoms with Crippen molar-refractivity contribution >= 4 is 17.7 Å². The van der Waals surface area contributed by atoms with Crippen molar-refractivity contribution in [1.29, 1.82) is 0 Å². The van der Waals surface area contributed by atoms with E-state index in [0.29, 0.717) is 49.5 Å². The lowest BCUT2D eigenvalue weighted by Gasteiger charge is -2.26. The van der Waals surface area contributed by atoms with Gasteiger partial charge in [-0.1, -0.05) is 29.4 Å². The average Bonchev–Trinajstić information content (AvgIpc) is 3.48. The summed E-state index contributed by atoms with van der Waals surface area (Å²) in [5.74, 6) is 1.68. The maximum atomic E-state index is 13.5. The van der Waals surface area contributed by atoms with E-state index in [1.54, 1.807) is 18.7 Å². The zero-order chi connectivity index (χ0) is 22.4. The second-order valence-corrected chi connectivity index (χ2v) is 8.99. The molecule has 0 unspecified atom stereocenters. The van der Waals surface area contributed by atoms with Crippen LogP contribution >= 0.6 is 11.8 Å². The summed E-state index contributed by atoms with van der Waals surface area (Å²) in [6.45, 7) is 4.06. The van der Waals surface area contributed by atoms with E-state index in [2.05, 4.69) is 22.3 Å². The van der Waals surface area contributed by atoms with Crippen molar-refractivity contribution in [3.05, 3.63) is 65.6 Å². The minimum Gasteiger partial charge on any atom is -0.378 e. The molecule has 0 spiro atoms. The topological polar surface area (TPSA) is 86.3 Å². The van der Waals surface area contributed by atoms with Crippen molar-refractivity contribution in [2.24, 2.45) is 0 Å². The molecule has 1 amide bonds. The van der Waals surface area contributed by atoms with Crippen LogP contribution in [0.15, 0.2) is 57.9 Å². The van der Waals surface area contributed by atoms with Gasteiger partial charge >= 0.3 is 0 Å². The molecule has 1 fully saturated rings. The Morgan fingerprint density at radius 1 is 1.09 bits per heavy atom. The second kappa shape index (κ2) is 8.17. The first-order valence-electron chi connectivity index (χ1n) is 10.8. The third-order valence-corrected chi connectivity index (χ3v) is 6.96. The van der Waals surface area contributed by atoms with E-state index in [0.717, 1.165) is 28.1 Å². The number of carbonyl (C=O) groups is 1. The lowest BCUT2D eigenvalue weighted by molar-refractivity contribution is 0.0298. The Morgan fingerprint density at radius 2 is 1.94 bits per heavy atom. The monoisotopic (exact) mass is 459 g/mol. The van der Waals surface area contributed by atoms with Crippen LogP contribution in [0.4, 0.5) is 0 Å². The van der Waals surface area contributed by atoms with Crippen LogP contribution in [-0.2, 0) is 10.5 Å². The van der Waals surface area contributed by atoms with Gasteiger partial charge < -0.3 is 14.2 Å². The van der Waals surface area contributed by atoms with Gasteiger partial charge in [-0.15, -0.1) is 11.8 Å². The van der Waals surface area contributed by atoms with Gasteiger partial charge in [-0.3, -0.25) is 4.79 Å². The van der Waals surface area contributed by atoms with Gasteiger partial charge in [0, 0.05) is 40.4 Å². The first kappa shape index (κ1) is 20.2. The van der Waals surface area contributed by atoms with Crippen molar-refractivity contribution in [3.8, 4) is 28.4 Å². The van der Waals surface area contributed by atoms with Gasteiger partial charge in [0.1, 0.15) is 0 Å². The molecule has 2 aliphatic rings. The number of rotatable bonds is 3. The molecule has 9 heteroatoms. The third kappa shape index (κ3) is 3.53. The number of amides is 1. The first-order chi connectivity index (χ1) is 16.2. The largest absolute Gasteiger partial charge is 0.378 e. The van der Waals surface area contributed by atoms with E-state index in [-0.39, 0.29) is 5.91 Å². The Morgan fingerprint density at radius 3 is 2.76 bits per heavy atom. The molecular weight excluding hydrogens is 438 g/mol. The fourth-order valence-corrected chi connectivity index (χ4v) is 5.33. The van der Waals surface area contributed by atoms with E-state index in [1.807, 2.05) is 46.0 Å². The Kier molecular flexibility index (Phi) is 5.00. The zero-order valence-electron chi connectivity index (χ0n) is 18.0. The third-order valence-electron chi connectivity index (χ3n) is 5.86. The molecule has 2 aromatic carbocycles. The predicted octanol–water partition coefficient (Wildman–Crippen LogP) is 3.98. The van der Waals surface area contributed by atoms with Crippen molar-refractivity contribution in [3.63, 3.8) is 0 Å². The number of nitrogens with zero attached hydrogens (tertiary/aromatic N) is 5. The summed E-state index contributed by atoms with van der Waals surface area (Å²) in [5.41, 5.74) is 5.15. The Balaban J connectivity index is 1.51. The fourth-order valence-electron chi connectivity index (χ4n) is 4.26.